The van der Waals surface area contributed by atoms with E-state index in [0.29, 0.717) is 11.4 Å². The molecule has 1 aliphatic heterocycles. The molecule has 2 aromatic carbocycles. The summed E-state index contributed by atoms with van der Waals surface area (Å²) in [5, 5.41) is 6.31. The minimum absolute atomic E-state index is 0.124. The van der Waals surface area contributed by atoms with Crippen LogP contribution in [0.2, 0.25) is 0 Å². The molecule has 0 saturated carbocycles. The van der Waals surface area contributed by atoms with Crippen LogP contribution < -0.4 is 15.4 Å². The number of aromatic nitrogens is 1. The van der Waals surface area contributed by atoms with E-state index in [-0.39, 0.29) is 5.91 Å². The van der Waals surface area contributed by atoms with Crippen LogP contribution in [0.3, 0.4) is 0 Å². The first-order valence-corrected chi connectivity index (χ1v) is 10.6. The van der Waals surface area contributed by atoms with E-state index in [4.69, 9.17) is 4.74 Å². The summed E-state index contributed by atoms with van der Waals surface area (Å²) in [5.41, 5.74) is 4.28. The third kappa shape index (κ3) is 5.94. The maximum absolute atomic E-state index is 12.6. The molecule has 1 aliphatic rings. The number of piperazine rings is 1. The Morgan fingerprint density at radius 2 is 1.75 bits per heavy atom. The maximum atomic E-state index is 12.6. The third-order valence-corrected chi connectivity index (χ3v) is 5.27. The van der Waals surface area contributed by atoms with Crippen LogP contribution in [0.5, 0.6) is 5.88 Å². The first kappa shape index (κ1) is 21.6. The van der Waals surface area contributed by atoms with Crippen molar-refractivity contribution in [1.29, 1.82) is 0 Å². The second-order valence-electron chi connectivity index (χ2n) is 7.59. The summed E-state index contributed by atoms with van der Waals surface area (Å²) in [6.07, 6.45) is 1.67. The molecule has 0 aliphatic carbocycles. The molecular formula is C26H26N4O2. The molecule has 1 aromatic heterocycles. The van der Waals surface area contributed by atoms with Gasteiger partial charge >= 0.3 is 0 Å². The fraction of sp³-hybridized carbons (Fsp3) is 0.231. The number of ether oxygens (including phenoxy) is 1. The first-order valence-electron chi connectivity index (χ1n) is 10.6. The van der Waals surface area contributed by atoms with E-state index in [1.807, 2.05) is 54.6 Å². The SMILES string of the molecule is COc1cc(C#Cc2ccc(NC(=O)c3ccc(CN4CCNCC4)cc3)cc2)ccn1. The van der Waals surface area contributed by atoms with Gasteiger partial charge < -0.3 is 15.4 Å². The quantitative estimate of drug-likeness (QED) is 0.614. The van der Waals surface area contributed by atoms with E-state index in [1.54, 1.807) is 19.4 Å². The Morgan fingerprint density at radius 1 is 1.03 bits per heavy atom. The number of nitrogens with zero attached hydrogens (tertiary/aromatic N) is 2. The van der Waals surface area contributed by atoms with Gasteiger partial charge in [-0.15, -0.1) is 0 Å². The molecule has 0 atom stereocenters. The Morgan fingerprint density at radius 3 is 2.47 bits per heavy atom. The lowest BCUT2D eigenvalue weighted by atomic mass is 10.1. The van der Waals surface area contributed by atoms with Gasteiger partial charge in [-0.25, -0.2) is 4.98 Å². The zero-order valence-corrected chi connectivity index (χ0v) is 18.1. The normalized spacial score (nSPS) is 13.7. The van der Waals surface area contributed by atoms with Crippen LogP contribution >= 0.6 is 0 Å². The van der Waals surface area contributed by atoms with Gasteiger partial charge in [-0.1, -0.05) is 24.0 Å². The standard InChI is InChI=1S/C26H26N4O2/c1-32-25-18-21(12-13-28-25)3-2-20-6-10-24(11-7-20)29-26(31)23-8-4-22(5-9-23)19-30-16-14-27-15-17-30/h4-13,18,27H,14-17,19H2,1H3,(H,29,31). The van der Waals surface area contributed by atoms with E-state index in [0.717, 1.165) is 49.5 Å². The van der Waals surface area contributed by atoms with Gasteiger partial charge in [0.25, 0.3) is 5.91 Å². The summed E-state index contributed by atoms with van der Waals surface area (Å²) in [5.74, 6) is 6.61. The zero-order chi connectivity index (χ0) is 22.2. The lowest BCUT2D eigenvalue weighted by Crippen LogP contribution is -2.42. The predicted molar refractivity (Wildman–Crippen MR) is 126 cm³/mol. The van der Waals surface area contributed by atoms with Crippen LogP contribution in [0.25, 0.3) is 0 Å². The zero-order valence-electron chi connectivity index (χ0n) is 18.1. The van der Waals surface area contributed by atoms with Crippen molar-refractivity contribution in [3.8, 4) is 17.7 Å². The van der Waals surface area contributed by atoms with Crippen molar-refractivity contribution in [2.45, 2.75) is 6.54 Å². The van der Waals surface area contributed by atoms with Gasteiger partial charge in [-0.05, 0) is 48.0 Å². The number of benzene rings is 2. The molecule has 32 heavy (non-hydrogen) atoms. The van der Waals surface area contributed by atoms with E-state index in [2.05, 4.69) is 32.4 Å². The lowest BCUT2D eigenvalue weighted by molar-refractivity contribution is 0.102. The van der Waals surface area contributed by atoms with E-state index in [1.165, 1.54) is 5.56 Å². The number of hydrogen-bond acceptors (Lipinski definition) is 5. The highest BCUT2D eigenvalue weighted by atomic mass is 16.5. The summed E-state index contributed by atoms with van der Waals surface area (Å²) in [6, 6.07) is 18.9. The predicted octanol–water partition coefficient (Wildman–Crippen LogP) is 3.15. The van der Waals surface area contributed by atoms with Crippen molar-refractivity contribution in [3.05, 3.63) is 89.1 Å². The van der Waals surface area contributed by atoms with Crippen LogP contribution in [0.1, 0.15) is 27.0 Å². The fourth-order valence-corrected chi connectivity index (χ4v) is 3.47. The molecular weight excluding hydrogens is 400 g/mol. The monoisotopic (exact) mass is 426 g/mol. The summed E-state index contributed by atoms with van der Waals surface area (Å²) < 4.78 is 5.11. The molecule has 162 valence electrons. The summed E-state index contributed by atoms with van der Waals surface area (Å²) in [7, 11) is 1.58. The average Bonchev–Trinajstić information content (AvgIpc) is 2.85. The molecule has 6 heteroatoms. The third-order valence-electron chi connectivity index (χ3n) is 5.27. The van der Waals surface area contributed by atoms with Gasteiger partial charge in [0.1, 0.15) is 0 Å². The van der Waals surface area contributed by atoms with Crippen molar-refractivity contribution in [2.24, 2.45) is 0 Å². The van der Waals surface area contributed by atoms with Crippen molar-refractivity contribution in [1.82, 2.24) is 15.2 Å². The van der Waals surface area contributed by atoms with Gasteiger partial charge in [0, 0.05) is 67.4 Å². The molecule has 3 aromatic rings. The van der Waals surface area contributed by atoms with E-state index >= 15 is 0 Å². The number of rotatable bonds is 5. The Hall–Kier alpha value is -3.66. The van der Waals surface area contributed by atoms with Gasteiger partial charge in [0.05, 0.1) is 7.11 Å². The number of hydrogen-bond donors (Lipinski definition) is 2. The minimum Gasteiger partial charge on any atom is -0.481 e. The fourth-order valence-electron chi connectivity index (χ4n) is 3.47. The Labute approximate surface area is 188 Å². The molecule has 0 bridgehead atoms. The number of nitrogens with one attached hydrogen (secondary N) is 2. The van der Waals surface area contributed by atoms with E-state index < -0.39 is 0 Å². The molecule has 0 unspecified atom stereocenters. The van der Waals surface area contributed by atoms with Crippen molar-refractivity contribution in [3.63, 3.8) is 0 Å². The number of anilines is 1. The molecule has 6 nitrogen and oxygen atoms in total. The first-order chi connectivity index (χ1) is 15.7. The number of pyridine rings is 1. The average molecular weight is 427 g/mol. The number of methoxy groups -OCH3 is 1. The van der Waals surface area contributed by atoms with Crippen molar-refractivity contribution in [2.75, 3.05) is 38.6 Å². The summed E-state index contributed by atoms with van der Waals surface area (Å²) >= 11 is 0. The topological polar surface area (TPSA) is 66.5 Å². The highest BCUT2D eigenvalue weighted by molar-refractivity contribution is 6.04. The maximum Gasteiger partial charge on any atom is 0.255 e. The van der Waals surface area contributed by atoms with Gasteiger partial charge in [0.15, 0.2) is 0 Å². The molecule has 1 saturated heterocycles. The Balaban J connectivity index is 1.34. The molecule has 2 heterocycles. The molecule has 1 amide bonds. The van der Waals surface area contributed by atoms with Crippen LogP contribution in [0.15, 0.2) is 66.9 Å². The van der Waals surface area contributed by atoms with Gasteiger partial charge in [0.2, 0.25) is 5.88 Å². The smallest absolute Gasteiger partial charge is 0.255 e. The van der Waals surface area contributed by atoms with Crippen molar-refractivity contribution < 1.29 is 9.53 Å². The number of carbonyl (C=O) groups excluding carboxylic acids is 1. The van der Waals surface area contributed by atoms with Crippen LogP contribution in [0.4, 0.5) is 5.69 Å². The largest absolute Gasteiger partial charge is 0.481 e. The number of amides is 1. The minimum atomic E-state index is -0.124. The molecule has 4 rings (SSSR count). The molecule has 2 N–H and O–H groups in total. The Bertz CT molecular complexity index is 1110. The van der Waals surface area contributed by atoms with Crippen molar-refractivity contribution >= 4 is 11.6 Å². The molecule has 0 radical (unpaired) electrons. The summed E-state index contributed by atoms with van der Waals surface area (Å²) in [6.45, 7) is 5.09. The lowest BCUT2D eigenvalue weighted by Gasteiger charge is -2.27. The second kappa shape index (κ2) is 10.6. The second-order valence-corrected chi connectivity index (χ2v) is 7.59. The van der Waals surface area contributed by atoms with E-state index in [9.17, 15) is 4.79 Å². The Kier molecular flexibility index (Phi) is 7.13. The number of carbonyl (C=O) groups is 1. The van der Waals surface area contributed by atoms with Crippen LogP contribution in [0, 0.1) is 11.8 Å². The van der Waals surface area contributed by atoms with Gasteiger partial charge in [-0.3, -0.25) is 9.69 Å². The van der Waals surface area contributed by atoms with Gasteiger partial charge in [-0.2, -0.15) is 0 Å². The van der Waals surface area contributed by atoms with Crippen LogP contribution in [-0.2, 0) is 6.54 Å². The highest BCUT2D eigenvalue weighted by Crippen LogP contribution is 2.13. The highest BCUT2D eigenvalue weighted by Gasteiger charge is 2.11. The molecule has 0 spiro atoms. The summed E-state index contributed by atoms with van der Waals surface area (Å²) in [4.78, 5) is 19.1. The van der Waals surface area contributed by atoms with Crippen LogP contribution in [-0.4, -0.2) is 49.1 Å². The molecule has 1 fully saturated rings.